The van der Waals surface area contributed by atoms with E-state index < -0.39 is 0 Å². The van der Waals surface area contributed by atoms with Crippen molar-refractivity contribution in [1.29, 1.82) is 0 Å². The van der Waals surface area contributed by atoms with Crippen molar-refractivity contribution in [3.8, 4) is 0 Å². The van der Waals surface area contributed by atoms with E-state index in [0.29, 0.717) is 16.6 Å². The Labute approximate surface area is 101 Å². The number of hydrogen-bond donors (Lipinski definition) is 0. The molecule has 1 amide bonds. The van der Waals surface area contributed by atoms with E-state index in [1.54, 1.807) is 19.2 Å². The third-order valence-electron chi connectivity index (χ3n) is 1.70. The molecule has 0 aliphatic heterocycles. The van der Waals surface area contributed by atoms with Crippen molar-refractivity contribution >= 4 is 43.9 Å². The molecule has 0 aromatic heterocycles. The minimum absolute atomic E-state index is 0.163. The van der Waals surface area contributed by atoms with E-state index in [1.165, 1.54) is 4.90 Å². The minimum atomic E-state index is -0.163. The summed E-state index contributed by atoms with van der Waals surface area (Å²) in [6.07, 6.45) is 0. The summed E-state index contributed by atoms with van der Waals surface area (Å²) in [7, 11) is 1.69. The van der Waals surface area contributed by atoms with Crippen LogP contribution < -0.4 is 0 Å². The summed E-state index contributed by atoms with van der Waals surface area (Å²) in [5.41, 5.74) is 0.940. The van der Waals surface area contributed by atoms with Crippen LogP contribution in [0.15, 0.2) is 18.2 Å². The Morgan fingerprint density at radius 3 is 2.57 bits per heavy atom. The van der Waals surface area contributed by atoms with Gasteiger partial charge in [0.15, 0.2) is 0 Å². The Balaban J connectivity index is 2.78. The van der Waals surface area contributed by atoms with Gasteiger partial charge in [0, 0.05) is 29.5 Å². The lowest BCUT2D eigenvalue weighted by molar-refractivity contribution is 0.233. The van der Waals surface area contributed by atoms with E-state index in [9.17, 15) is 4.79 Å². The third kappa shape index (κ3) is 3.15. The second kappa shape index (κ2) is 5.01. The molecule has 0 aliphatic carbocycles. The van der Waals surface area contributed by atoms with Gasteiger partial charge in [0.05, 0.1) is 10.0 Å². The molecule has 0 atom stereocenters. The Morgan fingerprint density at radius 1 is 1.43 bits per heavy atom. The highest BCUT2D eigenvalue weighted by Gasteiger charge is 2.06. The standard InChI is InChI=1S/C9H8BrCl2NO/c1-13(9(10)14)5-6-2-3-7(11)8(12)4-6/h2-4H,5H2,1H3. The van der Waals surface area contributed by atoms with Crippen LogP contribution in [0.3, 0.4) is 0 Å². The molecule has 5 heteroatoms. The second-order valence-electron chi connectivity index (χ2n) is 2.86. The van der Waals surface area contributed by atoms with Crippen LogP contribution in [-0.2, 0) is 6.54 Å². The summed E-state index contributed by atoms with van der Waals surface area (Å²) in [5, 5.41) is 1.02. The van der Waals surface area contributed by atoms with Gasteiger partial charge in [-0.2, -0.15) is 0 Å². The van der Waals surface area contributed by atoms with Crippen molar-refractivity contribution in [3.05, 3.63) is 33.8 Å². The predicted octanol–water partition coefficient (Wildman–Crippen LogP) is 3.94. The molecule has 0 saturated heterocycles. The molecule has 76 valence electrons. The van der Waals surface area contributed by atoms with E-state index >= 15 is 0 Å². The first-order valence-electron chi connectivity index (χ1n) is 3.85. The topological polar surface area (TPSA) is 20.3 Å². The highest BCUT2D eigenvalue weighted by molar-refractivity contribution is 9.18. The van der Waals surface area contributed by atoms with Gasteiger partial charge in [-0.3, -0.25) is 4.79 Å². The number of rotatable bonds is 2. The summed E-state index contributed by atoms with van der Waals surface area (Å²) in [6, 6.07) is 5.29. The zero-order valence-electron chi connectivity index (χ0n) is 7.43. The predicted molar refractivity (Wildman–Crippen MR) is 62.3 cm³/mol. The molecule has 14 heavy (non-hydrogen) atoms. The fraction of sp³-hybridized carbons (Fsp3) is 0.222. The van der Waals surface area contributed by atoms with Crippen LogP contribution in [0, 0.1) is 0 Å². The van der Waals surface area contributed by atoms with Crippen LogP contribution >= 0.6 is 39.1 Å². The fourth-order valence-electron chi connectivity index (χ4n) is 0.974. The molecule has 0 N–H and O–H groups in total. The highest BCUT2D eigenvalue weighted by atomic mass is 79.9. The normalized spacial score (nSPS) is 10.0. The quantitative estimate of drug-likeness (QED) is 0.598. The summed E-state index contributed by atoms with van der Waals surface area (Å²) in [5.74, 6) is 0. The maximum atomic E-state index is 10.9. The van der Waals surface area contributed by atoms with E-state index in [1.807, 2.05) is 6.07 Å². The Hall–Kier alpha value is -0.250. The minimum Gasteiger partial charge on any atom is -0.332 e. The van der Waals surface area contributed by atoms with Crippen LogP contribution in [0.4, 0.5) is 4.79 Å². The van der Waals surface area contributed by atoms with Gasteiger partial charge >= 0.3 is 0 Å². The molecule has 0 spiro atoms. The summed E-state index contributed by atoms with van der Waals surface area (Å²) in [4.78, 5) is 12.2. The fourth-order valence-corrected chi connectivity index (χ4v) is 1.42. The molecule has 0 heterocycles. The van der Waals surface area contributed by atoms with Crippen LogP contribution in [0.1, 0.15) is 5.56 Å². The van der Waals surface area contributed by atoms with Gasteiger partial charge in [-0.15, -0.1) is 0 Å². The summed E-state index contributed by atoms with van der Waals surface area (Å²) < 4.78 is 0. The number of carbonyl (C=O) groups excluding carboxylic acids is 1. The van der Waals surface area contributed by atoms with E-state index in [-0.39, 0.29) is 4.82 Å². The first-order valence-corrected chi connectivity index (χ1v) is 5.40. The zero-order chi connectivity index (χ0) is 10.7. The van der Waals surface area contributed by atoms with Crippen molar-refractivity contribution in [2.24, 2.45) is 0 Å². The first kappa shape index (κ1) is 11.8. The average Bonchev–Trinajstić information content (AvgIpc) is 2.11. The number of hydrogen-bond acceptors (Lipinski definition) is 1. The van der Waals surface area contributed by atoms with Gasteiger partial charge in [-0.05, 0) is 17.7 Å². The molecular formula is C9H8BrCl2NO. The lowest BCUT2D eigenvalue weighted by Crippen LogP contribution is -2.19. The molecule has 0 radical (unpaired) electrons. The van der Waals surface area contributed by atoms with Gasteiger partial charge in [0.25, 0.3) is 4.82 Å². The number of carbonyl (C=O) groups is 1. The monoisotopic (exact) mass is 295 g/mol. The number of amides is 1. The second-order valence-corrected chi connectivity index (χ2v) is 4.35. The number of nitrogens with zero attached hydrogens (tertiary/aromatic N) is 1. The van der Waals surface area contributed by atoms with Gasteiger partial charge in [-0.1, -0.05) is 29.3 Å². The first-order chi connectivity index (χ1) is 6.50. The number of halogens is 3. The molecule has 0 fully saturated rings. The van der Waals surface area contributed by atoms with Crippen LogP contribution in [0.25, 0.3) is 0 Å². The van der Waals surface area contributed by atoms with Crippen LogP contribution in [0.5, 0.6) is 0 Å². The van der Waals surface area contributed by atoms with E-state index in [0.717, 1.165) is 5.56 Å². The molecule has 2 nitrogen and oxygen atoms in total. The van der Waals surface area contributed by atoms with E-state index in [4.69, 9.17) is 23.2 Å². The lowest BCUT2D eigenvalue weighted by atomic mass is 10.2. The lowest BCUT2D eigenvalue weighted by Gasteiger charge is -2.13. The van der Waals surface area contributed by atoms with Crippen molar-refractivity contribution < 1.29 is 4.79 Å². The largest absolute Gasteiger partial charge is 0.332 e. The average molecular weight is 297 g/mol. The molecular weight excluding hydrogens is 289 g/mol. The van der Waals surface area contributed by atoms with E-state index in [2.05, 4.69) is 15.9 Å². The van der Waals surface area contributed by atoms with Crippen molar-refractivity contribution in [2.75, 3.05) is 7.05 Å². The maximum absolute atomic E-state index is 10.9. The van der Waals surface area contributed by atoms with Gasteiger partial charge in [-0.25, -0.2) is 0 Å². The SMILES string of the molecule is CN(Cc1ccc(Cl)c(Cl)c1)C(=O)Br. The Kier molecular flexibility index (Phi) is 4.23. The van der Waals surface area contributed by atoms with Gasteiger partial charge in [0.1, 0.15) is 0 Å². The van der Waals surface area contributed by atoms with Crippen molar-refractivity contribution in [1.82, 2.24) is 4.90 Å². The maximum Gasteiger partial charge on any atom is 0.289 e. The molecule has 1 aromatic carbocycles. The van der Waals surface area contributed by atoms with Gasteiger partial charge < -0.3 is 4.90 Å². The van der Waals surface area contributed by atoms with Crippen molar-refractivity contribution in [3.63, 3.8) is 0 Å². The van der Waals surface area contributed by atoms with Crippen molar-refractivity contribution in [2.45, 2.75) is 6.54 Å². The summed E-state index contributed by atoms with van der Waals surface area (Å²) >= 11 is 14.4. The van der Waals surface area contributed by atoms with Crippen LogP contribution in [-0.4, -0.2) is 16.8 Å². The molecule has 0 bridgehead atoms. The Bertz CT molecular complexity index is 357. The smallest absolute Gasteiger partial charge is 0.289 e. The highest BCUT2D eigenvalue weighted by Crippen LogP contribution is 2.23. The van der Waals surface area contributed by atoms with Crippen LogP contribution in [0.2, 0.25) is 10.0 Å². The zero-order valence-corrected chi connectivity index (χ0v) is 10.5. The number of benzene rings is 1. The molecule has 1 aromatic rings. The molecule has 0 unspecified atom stereocenters. The van der Waals surface area contributed by atoms with Gasteiger partial charge in [0.2, 0.25) is 0 Å². The molecule has 1 rings (SSSR count). The molecule has 0 aliphatic rings. The summed E-state index contributed by atoms with van der Waals surface area (Å²) in [6.45, 7) is 0.501. The molecule has 0 saturated carbocycles. The Morgan fingerprint density at radius 2 is 2.07 bits per heavy atom. The third-order valence-corrected chi connectivity index (χ3v) is 3.05.